The molecule has 0 saturated carbocycles. The molecule has 2 aromatic heterocycles. The highest BCUT2D eigenvalue weighted by Gasteiger charge is 2.21. The fourth-order valence-electron chi connectivity index (χ4n) is 1.86. The third kappa shape index (κ3) is 3.87. The van der Waals surface area contributed by atoms with Gasteiger partial charge in [-0.25, -0.2) is 4.98 Å². The molecule has 104 valence electrons. The van der Waals surface area contributed by atoms with E-state index >= 15 is 0 Å². The van der Waals surface area contributed by atoms with Crippen molar-refractivity contribution in [3.63, 3.8) is 0 Å². The van der Waals surface area contributed by atoms with Gasteiger partial charge >= 0.3 is 0 Å². The van der Waals surface area contributed by atoms with Crippen LogP contribution in [0.3, 0.4) is 0 Å². The maximum atomic E-state index is 9.97. The third-order valence-electron chi connectivity index (χ3n) is 2.97. The number of rotatable bonds is 7. The molecule has 0 aliphatic carbocycles. The van der Waals surface area contributed by atoms with Crippen molar-refractivity contribution in [2.24, 2.45) is 7.05 Å². The molecule has 2 rings (SSSR count). The van der Waals surface area contributed by atoms with E-state index in [2.05, 4.69) is 21.7 Å². The van der Waals surface area contributed by atoms with Crippen LogP contribution in [0.25, 0.3) is 0 Å². The molecular weight excluding hydrogens is 262 g/mol. The molecule has 2 atom stereocenters. The number of thiophene rings is 1. The first kappa shape index (κ1) is 14.2. The number of hydrogen-bond acceptors (Lipinski definition) is 5. The van der Waals surface area contributed by atoms with Crippen LogP contribution < -0.4 is 5.32 Å². The molecule has 2 heterocycles. The van der Waals surface area contributed by atoms with Crippen molar-refractivity contribution in [2.75, 3.05) is 13.1 Å². The molecule has 0 aliphatic rings. The smallest absolute Gasteiger partial charge is 0.140 e. The Morgan fingerprint density at radius 1 is 1.47 bits per heavy atom. The summed E-state index contributed by atoms with van der Waals surface area (Å²) in [7, 11) is 1.79. The Kier molecular flexibility index (Phi) is 5.09. The quantitative estimate of drug-likeness (QED) is 0.654. The summed E-state index contributed by atoms with van der Waals surface area (Å²) in [5.74, 6) is 0.479. The highest BCUT2D eigenvalue weighted by molar-refractivity contribution is 7.09. The van der Waals surface area contributed by atoms with Crippen LogP contribution in [0.4, 0.5) is 0 Å². The zero-order valence-corrected chi connectivity index (χ0v) is 11.7. The average molecular weight is 281 g/mol. The summed E-state index contributed by atoms with van der Waals surface area (Å²) >= 11 is 1.72. The predicted octanol–water partition coefficient (Wildman–Crippen LogP) is 0.708. The van der Waals surface area contributed by atoms with Crippen LogP contribution in [0, 0.1) is 0 Å². The number of aryl methyl sites for hydroxylation is 1. The van der Waals surface area contributed by atoms with Crippen molar-refractivity contribution in [1.29, 1.82) is 0 Å². The lowest BCUT2D eigenvalue weighted by molar-refractivity contribution is 0.0124. The van der Waals surface area contributed by atoms with Crippen LogP contribution in [0.5, 0.6) is 0 Å². The summed E-state index contributed by atoms with van der Waals surface area (Å²) in [4.78, 5) is 5.34. The summed E-state index contributed by atoms with van der Waals surface area (Å²) < 4.78 is 1.71. The van der Waals surface area contributed by atoms with E-state index < -0.39 is 12.2 Å². The van der Waals surface area contributed by atoms with Crippen molar-refractivity contribution in [1.82, 2.24) is 14.9 Å². The first-order chi connectivity index (χ1) is 9.18. The molecule has 0 fully saturated rings. The summed E-state index contributed by atoms with van der Waals surface area (Å²) in [6.45, 7) is 1.13. The second-order valence-electron chi connectivity index (χ2n) is 4.44. The molecule has 0 amide bonds. The molecule has 3 N–H and O–H groups in total. The summed E-state index contributed by atoms with van der Waals surface area (Å²) in [6.07, 6.45) is 2.46. The Morgan fingerprint density at radius 3 is 2.95 bits per heavy atom. The second-order valence-corrected chi connectivity index (χ2v) is 5.47. The van der Waals surface area contributed by atoms with Gasteiger partial charge in [0.05, 0.1) is 6.10 Å². The molecule has 0 saturated heterocycles. The Morgan fingerprint density at radius 2 is 2.32 bits per heavy atom. The summed E-state index contributed by atoms with van der Waals surface area (Å²) in [6, 6.07) is 4.12. The largest absolute Gasteiger partial charge is 0.389 e. The standard InChI is InChI=1S/C13H19N3O2S/c1-16-7-6-15-13(16)12(18)11(17)9-14-5-4-10-3-2-8-19-10/h2-3,6-8,11-12,14,17-18H,4-5,9H2,1H3/t11-,12+/m0/s1. The Hall–Kier alpha value is -1.21. The molecule has 0 aromatic carbocycles. The molecular formula is C13H19N3O2S. The van der Waals surface area contributed by atoms with Crippen molar-refractivity contribution >= 4 is 11.3 Å². The van der Waals surface area contributed by atoms with Crippen molar-refractivity contribution in [3.8, 4) is 0 Å². The topological polar surface area (TPSA) is 70.3 Å². The molecule has 0 radical (unpaired) electrons. The number of nitrogens with zero attached hydrogens (tertiary/aromatic N) is 2. The van der Waals surface area contributed by atoms with E-state index in [1.807, 2.05) is 6.07 Å². The minimum Gasteiger partial charge on any atom is -0.389 e. The zero-order valence-electron chi connectivity index (χ0n) is 10.9. The van der Waals surface area contributed by atoms with Crippen LogP contribution >= 0.6 is 11.3 Å². The van der Waals surface area contributed by atoms with Crippen molar-refractivity contribution < 1.29 is 10.2 Å². The lowest BCUT2D eigenvalue weighted by Gasteiger charge is -2.18. The lowest BCUT2D eigenvalue weighted by atomic mass is 10.2. The van der Waals surface area contributed by atoms with E-state index in [9.17, 15) is 10.2 Å². The van der Waals surface area contributed by atoms with E-state index in [-0.39, 0.29) is 0 Å². The van der Waals surface area contributed by atoms with Gasteiger partial charge in [0.1, 0.15) is 11.9 Å². The first-order valence-corrected chi connectivity index (χ1v) is 7.13. The van der Waals surface area contributed by atoms with Gasteiger partial charge in [0, 0.05) is 37.4 Å². The second kappa shape index (κ2) is 6.81. The molecule has 0 unspecified atom stereocenters. The molecule has 0 aliphatic heterocycles. The molecule has 6 heteroatoms. The monoisotopic (exact) mass is 281 g/mol. The summed E-state index contributed by atoms with van der Waals surface area (Å²) in [5, 5.41) is 25.1. The molecule has 0 bridgehead atoms. The van der Waals surface area contributed by atoms with Crippen molar-refractivity contribution in [3.05, 3.63) is 40.6 Å². The Bertz CT molecular complexity index is 484. The minimum absolute atomic E-state index is 0.347. The number of aliphatic hydroxyl groups is 2. The van der Waals surface area contributed by atoms with Gasteiger partial charge in [-0.2, -0.15) is 0 Å². The number of aliphatic hydroxyl groups excluding tert-OH is 2. The number of nitrogens with one attached hydrogen (secondary N) is 1. The maximum Gasteiger partial charge on any atom is 0.140 e. The van der Waals surface area contributed by atoms with Gasteiger partial charge < -0.3 is 20.1 Å². The third-order valence-corrected chi connectivity index (χ3v) is 3.91. The molecule has 19 heavy (non-hydrogen) atoms. The highest BCUT2D eigenvalue weighted by Crippen LogP contribution is 2.13. The normalized spacial score (nSPS) is 14.5. The Balaban J connectivity index is 1.72. The van der Waals surface area contributed by atoms with E-state index in [0.717, 1.165) is 13.0 Å². The SMILES string of the molecule is Cn1ccnc1[C@H](O)[C@@H](O)CNCCc1cccs1. The van der Waals surface area contributed by atoms with Crippen LogP contribution in [0.2, 0.25) is 0 Å². The predicted molar refractivity (Wildman–Crippen MR) is 75.1 cm³/mol. The van der Waals surface area contributed by atoms with Gasteiger partial charge in [0.2, 0.25) is 0 Å². The van der Waals surface area contributed by atoms with Gasteiger partial charge in [-0.1, -0.05) is 6.07 Å². The lowest BCUT2D eigenvalue weighted by Crippen LogP contribution is -2.33. The Labute approximate surface area is 116 Å². The van der Waals surface area contributed by atoms with E-state index in [1.54, 1.807) is 35.3 Å². The van der Waals surface area contributed by atoms with E-state index in [4.69, 9.17) is 0 Å². The van der Waals surface area contributed by atoms with E-state index in [0.29, 0.717) is 12.4 Å². The molecule has 0 spiro atoms. The van der Waals surface area contributed by atoms with Crippen LogP contribution in [-0.4, -0.2) is 39.0 Å². The number of aromatic nitrogens is 2. The first-order valence-electron chi connectivity index (χ1n) is 6.25. The van der Waals surface area contributed by atoms with Gasteiger partial charge in [-0.15, -0.1) is 11.3 Å². The van der Waals surface area contributed by atoms with Crippen molar-refractivity contribution in [2.45, 2.75) is 18.6 Å². The van der Waals surface area contributed by atoms with Gasteiger partial charge in [-0.05, 0) is 17.9 Å². The minimum atomic E-state index is -0.964. The van der Waals surface area contributed by atoms with Crippen LogP contribution in [0.15, 0.2) is 29.9 Å². The maximum absolute atomic E-state index is 9.97. The van der Waals surface area contributed by atoms with Gasteiger partial charge in [0.15, 0.2) is 0 Å². The average Bonchev–Trinajstić information content (AvgIpc) is 3.04. The summed E-state index contributed by atoms with van der Waals surface area (Å²) in [5.41, 5.74) is 0. The van der Waals surface area contributed by atoms with Gasteiger partial charge in [-0.3, -0.25) is 0 Å². The number of hydrogen-bond donors (Lipinski definition) is 3. The fraction of sp³-hybridized carbons (Fsp3) is 0.462. The van der Waals surface area contributed by atoms with E-state index in [1.165, 1.54) is 4.88 Å². The number of imidazole rings is 1. The highest BCUT2D eigenvalue weighted by atomic mass is 32.1. The zero-order chi connectivity index (χ0) is 13.7. The molecule has 5 nitrogen and oxygen atoms in total. The fourth-order valence-corrected chi connectivity index (χ4v) is 2.57. The van der Waals surface area contributed by atoms with Crippen LogP contribution in [-0.2, 0) is 13.5 Å². The van der Waals surface area contributed by atoms with Gasteiger partial charge in [0.25, 0.3) is 0 Å². The van der Waals surface area contributed by atoms with Crippen LogP contribution in [0.1, 0.15) is 16.8 Å². The molecule has 2 aromatic rings.